The highest BCUT2D eigenvalue weighted by atomic mass is 16.5. The number of hydrogen-bond donors (Lipinski definition) is 1. The normalized spacial score (nSPS) is 13.6. The fraction of sp³-hybridized carbons (Fsp3) is 0.226. The van der Waals surface area contributed by atoms with Gasteiger partial charge in [-0.2, -0.15) is 0 Å². The molecule has 6 nitrogen and oxygen atoms in total. The summed E-state index contributed by atoms with van der Waals surface area (Å²) in [5, 5.41) is 1.03. The van der Waals surface area contributed by atoms with E-state index in [9.17, 15) is 0 Å². The Morgan fingerprint density at radius 3 is 2.41 bits per heavy atom. The molecular formula is C31H29N5O. The van der Waals surface area contributed by atoms with Crippen molar-refractivity contribution in [3.05, 3.63) is 96.4 Å². The molecule has 2 N–H and O–H groups in total. The molecule has 1 aliphatic rings. The van der Waals surface area contributed by atoms with E-state index in [0.717, 1.165) is 33.4 Å². The maximum Gasteiger partial charge on any atom is 0.257 e. The molecule has 0 spiro atoms. The van der Waals surface area contributed by atoms with Crippen molar-refractivity contribution in [3.8, 4) is 28.4 Å². The summed E-state index contributed by atoms with van der Waals surface area (Å²) in [5.41, 5.74) is 12.7. The quantitative estimate of drug-likeness (QED) is 0.279. The molecule has 184 valence electrons. The number of nitrogens with zero attached hydrogens (tertiary/aromatic N) is 4. The molecule has 6 rings (SSSR count). The molecular weight excluding hydrogens is 458 g/mol. The van der Waals surface area contributed by atoms with E-state index in [0.29, 0.717) is 24.1 Å². The fourth-order valence-corrected chi connectivity index (χ4v) is 4.78. The first-order valence-corrected chi connectivity index (χ1v) is 12.7. The molecule has 0 radical (unpaired) electrons. The second-order valence-corrected chi connectivity index (χ2v) is 10.3. The lowest BCUT2D eigenvalue weighted by Gasteiger charge is -2.26. The Bertz CT molecular complexity index is 1580. The lowest BCUT2D eigenvalue weighted by Crippen LogP contribution is -2.29. The zero-order valence-corrected chi connectivity index (χ0v) is 21.1. The number of nitrogens with two attached hydrogens (primary N) is 1. The van der Waals surface area contributed by atoms with Gasteiger partial charge in [-0.25, -0.2) is 9.97 Å². The number of rotatable bonds is 7. The van der Waals surface area contributed by atoms with Crippen molar-refractivity contribution < 1.29 is 4.74 Å². The number of hydrogen-bond acceptors (Lipinski definition) is 6. The van der Waals surface area contributed by atoms with Crippen LogP contribution in [0.5, 0.6) is 5.88 Å². The summed E-state index contributed by atoms with van der Waals surface area (Å²) in [6.45, 7) is 4.69. The molecule has 5 aromatic rings. The lowest BCUT2D eigenvalue weighted by molar-refractivity contribution is 0.229. The summed E-state index contributed by atoms with van der Waals surface area (Å²) in [4.78, 5) is 18.9. The first-order chi connectivity index (χ1) is 18.0. The Kier molecular flexibility index (Phi) is 5.80. The summed E-state index contributed by atoms with van der Waals surface area (Å²) in [5.74, 6) is 1.20. The molecule has 0 atom stereocenters. The number of aromatic nitrogens is 4. The van der Waals surface area contributed by atoms with Crippen LogP contribution in [0.1, 0.15) is 43.9 Å². The van der Waals surface area contributed by atoms with Gasteiger partial charge in [0.1, 0.15) is 12.3 Å². The van der Waals surface area contributed by atoms with Crippen LogP contribution in [-0.4, -0.2) is 26.5 Å². The molecule has 3 heterocycles. The average Bonchev–Trinajstić information content (AvgIpc) is 3.78. The number of nitrogen functional groups attached to an aromatic ring is 1. The summed E-state index contributed by atoms with van der Waals surface area (Å²) in [6, 6.07) is 24.3. The standard InChI is InChI=1S/C31H29N5O/c1-31(2,28-24(20-12-13-20)11-7-17-34-28)19-37-30-29(32)35-26(21-8-4-3-5-9-21)27(36-30)23-14-15-25-22(18-23)10-6-16-33-25/h3-11,14-18,20H,12-13,19H2,1-2H3,(H2,32,35). The Hall–Kier alpha value is -4.32. The third-order valence-electron chi connectivity index (χ3n) is 6.88. The smallest absolute Gasteiger partial charge is 0.257 e. The predicted molar refractivity (Wildman–Crippen MR) is 147 cm³/mol. The molecule has 0 unspecified atom stereocenters. The molecule has 0 bridgehead atoms. The second-order valence-electron chi connectivity index (χ2n) is 10.3. The molecule has 37 heavy (non-hydrogen) atoms. The number of anilines is 1. The Balaban J connectivity index is 1.39. The van der Waals surface area contributed by atoms with E-state index in [2.05, 4.69) is 31.0 Å². The largest absolute Gasteiger partial charge is 0.474 e. The fourth-order valence-electron chi connectivity index (χ4n) is 4.78. The van der Waals surface area contributed by atoms with Gasteiger partial charge in [-0.3, -0.25) is 9.97 Å². The van der Waals surface area contributed by atoms with E-state index in [1.54, 1.807) is 6.20 Å². The third-order valence-corrected chi connectivity index (χ3v) is 6.88. The third kappa shape index (κ3) is 4.62. The minimum Gasteiger partial charge on any atom is -0.474 e. The van der Waals surface area contributed by atoms with Gasteiger partial charge in [0.15, 0.2) is 5.82 Å². The SMILES string of the molecule is CC(C)(COc1nc(-c2ccc3ncccc3c2)c(-c2ccccc2)nc1N)c1ncccc1C1CC1. The Morgan fingerprint density at radius 1 is 0.838 bits per heavy atom. The number of benzene rings is 2. The topological polar surface area (TPSA) is 86.8 Å². The first kappa shape index (κ1) is 23.1. The Labute approximate surface area is 216 Å². The van der Waals surface area contributed by atoms with Gasteiger partial charge in [0.25, 0.3) is 5.88 Å². The molecule has 0 saturated heterocycles. The number of fused-ring (bicyclic) bond motifs is 1. The zero-order valence-electron chi connectivity index (χ0n) is 21.1. The van der Waals surface area contributed by atoms with Crippen LogP contribution in [0.3, 0.4) is 0 Å². The van der Waals surface area contributed by atoms with Crippen molar-refractivity contribution in [2.75, 3.05) is 12.3 Å². The van der Waals surface area contributed by atoms with Crippen LogP contribution in [0.2, 0.25) is 0 Å². The summed E-state index contributed by atoms with van der Waals surface area (Å²) in [6.07, 6.45) is 6.10. The number of ether oxygens (including phenoxy) is 1. The van der Waals surface area contributed by atoms with Crippen molar-refractivity contribution in [1.82, 2.24) is 19.9 Å². The average molecular weight is 488 g/mol. The van der Waals surface area contributed by atoms with Crippen LogP contribution in [0.4, 0.5) is 5.82 Å². The van der Waals surface area contributed by atoms with Crippen LogP contribution in [-0.2, 0) is 5.41 Å². The van der Waals surface area contributed by atoms with Gasteiger partial charge in [0.2, 0.25) is 0 Å². The van der Waals surface area contributed by atoms with Gasteiger partial charge in [-0.05, 0) is 48.6 Å². The molecule has 0 aliphatic heterocycles. The van der Waals surface area contributed by atoms with Crippen molar-refractivity contribution in [1.29, 1.82) is 0 Å². The van der Waals surface area contributed by atoms with E-state index in [-0.39, 0.29) is 11.2 Å². The van der Waals surface area contributed by atoms with Gasteiger partial charge in [-0.1, -0.05) is 62.4 Å². The number of pyridine rings is 2. The maximum atomic E-state index is 6.43. The van der Waals surface area contributed by atoms with Crippen LogP contribution in [0, 0.1) is 0 Å². The summed E-state index contributed by atoms with van der Waals surface area (Å²) in [7, 11) is 0. The lowest BCUT2D eigenvalue weighted by atomic mass is 9.85. The van der Waals surface area contributed by atoms with Gasteiger partial charge in [0, 0.05) is 34.3 Å². The highest BCUT2D eigenvalue weighted by Gasteiger charge is 2.33. The maximum absolute atomic E-state index is 6.43. The van der Waals surface area contributed by atoms with Crippen LogP contribution >= 0.6 is 0 Å². The second kappa shape index (κ2) is 9.28. The molecule has 1 fully saturated rings. The predicted octanol–water partition coefficient (Wildman–Crippen LogP) is 6.57. The van der Waals surface area contributed by atoms with Crippen LogP contribution in [0.15, 0.2) is 85.2 Å². The van der Waals surface area contributed by atoms with E-state index in [4.69, 9.17) is 25.4 Å². The molecule has 2 aromatic carbocycles. The van der Waals surface area contributed by atoms with E-state index < -0.39 is 0 Å². The van der Waals surface area contributed by atoms with Gasteiger partial charge in [-0.15, -0.1) is 0 Å². The van der Waals surface area contributed by atoms with Crippen molar-refractivity contribution in [2.45, 2.75) is 38.0 Å². The molecule has 1 saturated carbocycles. The highest BCUT2D eigenvalue weighted by molar-refractivity contribution is 5.87. The van der Waals surface area contributed by atoms with Gasteiger partial charge < -0.3 is 10.5 Å². The monoisotopic (exact) mass is 487 g/mol. The van der Waals surface area contributed by atoms with Gasteiger partial charge in [0.05, 0.1) is 16.9 Å². The molecule has 1 aliphatic carbocycles. The highest BCUT2D eigenvalue weighted by Crippen LogP contribution is 2.44. The minimum atomic E-state index is -0.319. The van der Waals surface area contributed by atoms with E-state index >= 15 is 0 Å². The minimum absolute atomic E-state index is 0.268. The van der Waals surface area contributed by atoms with Crippen molar-refractivity contribution in [3.63, 3.8) is 0 Å². The van der Waals surface area contributed by atoms with Crippen molar-refractivity contribution >= 4 is 16.7 Å². The van der Waals surface area contributed by atoms with Crippen LogP contribution in [0.25, 0.3) is 33.4 Å². The van der Waals surface area contributed by atoms with Crippen LogP contribution < -0.4 is 10.5 Å². The summed E-state index contributed by atoms with van der Waals surface area (Å²) < 4.78 is 6.30. The first-order valence-electron chi connectivity index (χ1n) is 12.7. The van der Waals surface area contributed by atoms with Gasteiger partial charge >= 0.3 is 0 Å². The Morgan fingerprint density at radius 2 is 1.59 bits per heavy atom. The van der Waals surface area contributed by atoms with E-state index in [1.165, 1.54) is 18.4 Å². The van der Waals surface area contributed by atoms with E-state index in [1.807, 2.05) is 66.9 Å². The molecule has 0 amide bonds. The molecule has 3 aromatic heterocycles. The van der Waals surface area contributed by atoms with Crippen molar-refractivity contribution in [2.24, 2.45) is 0 Å². The zero-order chi connectivity index (χ0) is 25.4. The summed E-state index contributed by atoms with van der Waals surface area (Å²) >= 11 is 0. The molecule has 6 heteroatoms.